The number of esters is 2. The first-order valence-corrected chi connectivity index (χ1v) is 11.5. The smallest absolute Gasteiger partial charge is 0.338 e. The second-order valence-electron chi connectivity index (χ2n) is 8.36. The molecule has 0 fully saturated rings. The van der Waals surface area contributed by atoms with Crippen molar-refractivity contribution in [2.45, 2.75) is 26.3 Å². The largest absolute Gasteiger partial charge is 0.463 e. The van der Waals surface area contributed by atoms with Crippen LogP contribution in [0.1, 0.15) is 30.9 Å². The van der Waals surface area contributed by atoms with Crippen molar-refractivity contribution in [2.75, 3.05) is 26.8 Å². The van der Waals surface area contributed by atoms with E-state index in [0.717, 1.165) is 5.56 Å². The lowest BCUT2D eigenvalue weighted by molar-refractivity contribution is -0.384. The highest BCUT2D eigenvalue weighted by Crippen LogP contribution is 2.39. The van der Waals surface area contributed by atoms with Crippen LogP contribution in [0.4, 0.5) is 5.69 Å². The second-order valence-corrected chi connectivity index (χ2v) is 8.36. The Bertz CT molecular complexity index is 1190. The maximum atomic E-state index is 13.3. The molecule has 0 radical (unpaired) electrons. The molecule has 0 aliphatic carbocycles. The Morgan fingerprint density at radius 3 is 2.44 bits per heavy atom. The van der Waals surface area contributed by atoms with E-state index in [1.54, 1.807) is 19.9 Å². The molecule has 0 amide bonds. The van der Waals surface area contributed by atoms with Crippen LogP contribution < -0.4 is 11.1 Å². The van der Waals surface area contributed by atoms with Crippen molar-refractivity contribution < 1.29 is 24.0 Å². The fourth-order valence-corrected chi connectivity index (χ4v) is 4.06. The normalized spacial score (nSPS) is 15.5. The highest BCUT2D eigenvalue weighted by Gasteiger charge is 2.39. The van der Waals surface area contributed by atoms with Gasteiger partial charge >= 0.3 is 11.9 Å². The van der Waals surface area contributed by atoms with Gasteiger partial charge in [0.1, 0.15) is 12.4 Å². The lowest BCUT2D eigenvalue weighted by Crippen LogP contribution is -2.36. The molecular weight excluding hydrogens is 464 g/mol. The fraction of sp³-hybridized carbons (Fsp3) is 0.308. The summed E-state index contributed by atoms with van der Waals surface area (Å²) in [6, 6.07) is 15.6. The van der Waals surface area contributed by atoms with Crippen LogP contribution in [0.25, 0.3) is 0 Å². The summed E-state index contributed by atoms with van der Waals surface area (Å²) in [5.74, 6) is -2.36. The van der Waals surface area contributed by atoms with Crippen molar-refractivity contribution in [3.05, 3.63) is 98.5 Å². The van der Waals surface area contributed by atoms with E-state index in [-0.39, 0.29) is 35.9 Å². The van der Waals surface area contributed by atoms with E-state index in [2.05, 4.69) is 5.32 Å². The number of nitro benzene ring substituents is 1. The zero-order valence-electron chi connectivity index (χ0n) is 20.5. The standard InChI is InChI=1S/C26H30N4O6/c1-4-35-26(32)23-22(19-11-8-12-20(15-19)30(33)34)21(17(2)28-24(23)27)25(31)36-14-13-29(3)16-18-9-6-5-7-10-18/h5-12,15,22,28H,4,13-14,16,27H2,1-3H3. The Hall–Kier alpha value is -4.18. The first kappa shape index (κ1) is 26.4. The number of hydrogen-bond acceptors (Lipinski definition) is 9. The second kappa shape index (κ2) is 12.0. The molecule has 10 nitrogen and oxygen atoms in total. The summed E-state index contributed by atoms with van der Waals surface area (Å²) in [5.41, 5.74) is 7.97. The molecule has 1 aliphatic heterocycles. The van der Waals surface area contributed by atoms with E-state index >= 15 is 0 Å². The molecular formula is C26H30N4O6. The highest BCUT2D eigenvalue weighted by molar-refractivity contribution is 5.99. The Kier molecular flexibility index (Phi) is 8.80. The predicted octanol–water partition coefficient (Wildman–Crippen LogP) is 2.96. The van der Waals surface area contributed by atoms with Crippen LogP contribution in [0.5, 0.6) is 0 Å². The molecule has 10 heteroatoms. The Balaban J connectivity index is 1.85. The molecule has 1 heterocycles. The van der Waals surface area contributed by atoms with Gasteiger partial charge in [0.25, 0.3) is 5.69 Å². The third-order valence-electron chi connectivity index (χ3n) is 5.72. The zero-order valence-corrected chi connectivity index (χ0v) is 20.5. The number of likely N-dealkylation sites (N-methyl/N-ethyl adjacent to an activating group) is 1. The maximum absolute atomic E-state index is 13.3. The Morgan fingerprint density at radius 1 is 1.08 bits per heavy atom. The molecule has 3 N–H and O–H groups in total. The minimum absolute atomic E-state index is 0.00362. The monoisotopic (exact) mass is 494 g/mol. The van der Waals surface area contributed by atoms with E-state index in [4.69, 9.17) is 15.2 Å². The zero-order chi connectivity index (χ0) is 26.2. The van der Waals surface area contributed by atoms with Crippen molar-refractivity contribution in [1.29, 1.82) is 0 Å². The molecule has 0 bridgehead atoms. The van der Waals surface area contributed by atoms with Crippen molar-refractivity contribution in [1.82, 2.24) is 10.2 Å². The van der Waals surface area contributed by atoms with Gasteiger partial charge < -0.3 is 20.5 Å². The van der Waals surface area contributed by atoms with Crippen molar-refractivity contribution >= 4 is 17.6 Å². The number of nitrogens with one attached hydrogen (secondary N) is 1. The summed E-state index contributed by atoms with van der Waals surface area (Å²) in [7, 11) is 1.92. The summed E-state index contributed by atoms with van der Waals surface area (Å²) < 4.78 is 10.8. The number of ether oxygens (including phenoxy) is 2. The van der Waals surface area contributed by atoms with Gasteiger partial charge in [0, 0.05) is 30.9 Å². The third kappa shape index (κ3) is 6.28. The molecule has 190 valence electrons. The van der Waals surface area contributed by atoms with Gasteiger partial charge in [-0.15, -0.1) is 0 Å². The number of allylic oxidation sites excluding steroid dienone is 1. The average molecular weight is 495 g/mol. The SMILES string of the molecule is CCOC(=O)C1=C(N)NC(C)=C(C(=O)OCCN(C)Cc2ccccc2)C1c1cccc([N+](=O)[O-])c1. The molecule has 1 atom stereocenters. The minimum Gasteiger partial charge on any atom is -0.463 e. The maximum Gasteiger partial charge on any atom is 0.338 e. The van der Waals surface area contributed by atoms with E-state index < -0.39 is 22.8 Å². The van der Waals surface area contributed by atoms with Gasteiger partial charge in [0.15, 0.2) is 0 Å². The van der Waals surface area contributed by atoms with E-state index in [1.165, 1.54) is 18.2 Å². The van der Waals surface area contributed by atoms with Crippen LogP contribution in [-0.2, 0) is 25.6 Å². The molecule has 2 aromatic rings. The topological polar surface area (TPSA) is 137 Å². The molecule has 0 spiro atoms. The lowest BCUT2D eigenvalue weighted by atomic mass is 9.81. The summed E-state index contributed by atoms with van der Waals surface area (Å²) >= 11 is 0. The molecule has 0 saturated carbocycles. The Labute approximate surface area is 209 Å². The molecule has 1 unspecified atom stereocenters. The minimum atomic E-state index is -1.00. The van der Waals surface area contributed by atoms with Crippen LogP contribution in [0, 0.1) is 10.1 Å². The van der Waals surface area contributed by atoms with E-state index in [0.29, 0.717) is 24.4 Å². The van der Waals surface area contributed by atoms with Crippen LogP contribution in [-0.4, -0.2) is 48.6 Å². The van der Waals surface area contributed by atoms with Gasteiger partial charge in [-0.05, 0) is 32.0 Å². The summed E-state index contributed by atoms with van der Waals surface area (Å²) in [6.45, 7) is 4.64. The quantitative estimate of drug-likeness (QED) is 0.290. The van der Waals surface area contributed by atoms with E-state index in [9.17, 15) is 19.7 Å². The first-order valence-electron chi connectivity index (χ1n) is 11.5. The fourth-order valence-electron chi connectivity index (χ4n) is 4.06. The summed E-state index contributed by atoms with van der Waals surface area (Å²) in [5, 5.41) is 14.3. The molecule has 1 aliphatic rings. The number of nitrogens with two attached hydrogens (primary N) is 1. The van der Waals surface area contributed by atoms with Crippen molar-refractivity contribution in [3.63, 3.8) is 0 Å². The van der Waals surface area contributed by atoms with Crippen LogP contribution in [0.2, 0.25) is 0 Å². The van der Waals surface area contributed by atoms with Crippen molar-refractivity contribution in [2.24, 2.45) is 5.73 Å². The Morgan fingerprint density at radius 2 is 1.78 bits per heavy atom. The molecule has 0 aromatic heterocycles. The third-order valence-corrected chi connectivity index (χ3v) is 5.72. The number of dihydropyridines is 1. The molecule has 3 rings (SSSR count). The number of rotatable bonds is 10. The van der Waals surface area contributed by atoms with Crippen LogP contribution >= 0.6 is 0 Å². The number of carbonyl (C=O) groups is 2. The summed E-state index contributed by atoms with van der Waals surface area (Å²) in [4.78, 5) is 39.0. The summed E-state index contributed by atoms with van der Waals surface area (Å²) in [6.07, 6.45) is 0. The first-order chi connectivity index (χ1) is 17.2. The van der Waals surface area contributed by atoms with Crippen LogP contribution in [0.15, 0.2) is 77.3 Å². The van der Waals surface area contributed by atoms with Gasteiger partial charge in [0.05, 0.1) is 28.6 Å². The number of hydrogen-bond donors (Lipinski definition) is 2. The number of nitro groups is 1. The molecule has 36 heavy (non-hydrogen) atoms. The van der Waals surface area contributed by atoms with Crippen molar-refractivity contribution in [3.8, 4) is 0 Å². The van der Waals surface area contributed by atoms with Gasteiger partial charge in [-0.2, -0.15) is 0 Å². The lowest BCUT2D eigenvalue weighted by Gasteiger charge is -2.30. The van der Waals surface area contributed by atoms with Gasteiger partial charge in [-0.3, -0.25) is 15.0 Å². The number of nitrogens with zero attached hydrogens (tertiary/aromatic N) is 2. The predicted molar refractivity (Wildman–Crippen MR) is 133 cm³/mol. The van der Waals surface area contributed by atoms with Gasteiger partial charge in [-0.25, -0.2) is 9.59 Å². The van der Waals surface area contributed by atoms with Gasteiger partial charge in [-0.1, -0.05) is 42.5 Å². The molecule has 0 saturated heterocycles. The number of non-ortho nitro benzene ring substituents is 1. The number of benzene rings is 2. The van der Waals surface area contributed by atoms with Gasteiger partial charge in [0.2, 0.25) is 0 Å². The molecule has 2 aromatic carbocycles. The average Bonchev–Trinajstić information content (AvgIpc) is 2.84. The highest BCUT2D eigenvalue weighted by atomic mass is 16.6. The van der Waals surface area contributed by atoms with E-state index in [1.807, 2.05) is 42.3 Å². The number of carbonyl (C=O) groups excluding carboxylic acids is 2. The van der Waals surface area contributed by atoms with Crippen LogP contribution in [0.3, 0.4) is 0 Å².